The van der Waals surface area contributed by atoms with E-state index in [1.54, 1.807) is 11.8 Å². The fourth-order valence-electron chi connectivity index (χ4n) is 4.48. The van der Waals surface area contributed by atoms with Gasteiger partial charge in [-0.1, -0.05) is 55.3 Å². The van der Waals surface area contributed by atoms with Crippen LogP contribution in [0.3, 0.4) is 0 Å². The molecule has 1 aromatic rings. The van der Waals surface area contributed by atoms with Crippen molar-refractivity contribution >= 4 is 28.4 Å². The van der Waals surface area contributed by atoms with Crippen LogP contribution in [0, 0.1) is 5.92 Å². The minimum Gasteiger partial charge on any atom is -0.475 e. The summed E-state index contributed by atoms with van der Waals surface area (Å²) in [5.41, 5.74) is 2.88. The van der Waals surface area contributed by atoms with E-state index in [0.717, 1.165) is 35.4 Å². The Labute approximate surface area is 175 Å². The Bertz CT molecular complexity index is 573. The molecule has 0 unspecified atom stereocenters. The van der Waals surface area contributed by atoms with Gasteiger partial charge >= 0.3 is 0 Å². The third kappa shape index (κ3) is 7.07. The van der Waals surface area contributed by atoms with E-state index in [1.165, 1.54) is 56.1 Å². The highest BCUT2D eigenvalue weighted by molar-refractivity contribution is 8.22. The van der Waals surface area contributed by atoms with Gasteiger partial charge < -0.3 is 9.64 Å². The summed E-state index contributed by atoms with van der Waals surface area (Å²) in [7, 11) is 4.24. The van der Waals surface area contributed by atoms with Gasteiger partial charge in [-0.2, -0.15) is 0 Å². The van der Waals surface area contributed by atoms with Gasteiger partial charge in [0.05, 0.1) is 0 Å². The van der Waals surface area contributed by atoms with E-state index in [0.29, 0.717) is 12.0 Å². The van der Waals surface area contributed by atoms with Crippen LogP contribution in [0.1, 0.15) is 74.8 Å². The molecule has 0 amide bonds. The number of hydrogen-bond donors (Lipinski definition) is 0. The summed E-state index contributed by atoms with van der Waals surface area (Å²) < 4.78 is 6.91. The summed E-state index contributed by atoms with van der Waals surface area (Å²) in [5.74, 6) is 2.70. The van der Waals surface area contributed by atoms with Crippen molar-refractivity contribution in [2.75, 3.05) is 19.8 Å². The van der Waals surface area contributed by atoms with Gasteiger partial charge in [-0.25, -0.2) is 0 Å². The SMILES string of the molecule is CN(C)Cc1ccc(C2CCC(OC(=S)SCC3CCCCC3)CC2)cc1. The zero-order valence-electron chi connectivity index (χ0n) is 17.0. The predicted molar refractivity (Wildman–Crippen MR) is 122 cm³/mol. The van der Waals surface area contributed by atoms with Crippen LogP contribution >= 0.6 is 24.0 Å². The second-order valence-electron chi connectivity index (χ2n) is 8.64. The first-order valence-corrected chi connectivity index (χ1v) is 12.1. The standard InChI is InChI=1S/C23H35NOS2/c1-24(2)16-18-8-10-20(11-9-18)21-12-14-22(15-13-21)25-23(26)27-17-19-6-4-3-5-7-19/h8-11,19,21-22H,3-7,12-17H2,1-2H3. The molecule has 0 spiro atoms. The molecule has 2 fully saturated rings. The number of thiocarbonyl (C=S) groups is 1. The first kappa shape index (κ1) is 21.1. The quantitative estimate of drug-likeness (QED) is 0.508. The molecular weight excluding hydrogens is 370 g/mol. The maximum atomic E-state index is 6.12. The molecule has 27 heavy (non-hydrogen) atoms. The number of benzene rings is 1. The fraction of sp³-hybridized carbons (Fsp3) is 0.696. The molecule has 0 aliphatic heterocycles. The number of nitrogens with zero attached hydrogens (tertiary/aromatic N) is 1. The van der Waals surface area contributed by atoms with E-state index in [1.807, 2.05) is 0 Å². The van der Waals surface area contributed by atoms with Gasteiger partial charge in [0.15, 0.2) is 0 Å². The highest BCUT2D eigenvalue weighted by atomic mass is 32.2. The Morgan fingerprint density at radius 3 is 2.30 bits per heavy atom. The Hall–Kier alpha value is -0.580. The van der Waals surface area contributed by atoms with E-state index in [2.05, 4.69) is 43.3 Å². The van der Waals surface area contributed by atoms with Crippen molar-refractivity contribution in [3.8, 4) is 0 Å². The highest BCUT2D eigenvalue weighted by Gasteiger charge is 2.24. The lowest BCUT2D eigenvalue weighted by Gasteiger charge is -2.29. The number of rotatable bonds is 6. The predicted octanol–water partition coefficient (Wildman–Crippen LogP) is 6.39. The van der Waals surface area contributed by atoms with E-state index >= 15 is 0 Å². The van der Waals surface area contributed by atoms with E-state index in [4.69, 9.17) is 17.0 Å². The summed E-state index contributed by atoms with van der Waals surface area (Å²) in [6.45, 7) is 1.01. The van der Waals surface area contributed by atoms with Crippen LogP contribution in [-0.4, -0.2) is 35.2 Å². The van der Waals surface area contributed by atoms with Crippen LogP contribution < -0.4 is 0 Å². The highest BCUT2D eigenvalue weighted by Crippen LogP contribution is 2.35. The van der Waals surface area contributed by atoms with Gasteiger partial charge in [0.1, 0.15) is 6.10 Å². The minimum atomic E-state index is 0.334. The molecule has 0 N–H and O–H groups in total. The zero-order chi connectivity index (χ0) is 19.1. The molecule has 2 nitrogen and oxygen atoms in total. The van der Waals surface area contributed by atoms with Gasteiger partial charge in [0, 0.05) is 12.3 Å². The maximum absolute atomic E-state index is 6.12. The largest absolute Gasteiger partial charge is 0.475 e. The Morgan fingerprint density at radius 2 is 1.67 bits per heavy atom. The van der Waals surface area contributed by atoms with Gasteiger partial charge in [0.25, 0.3) is 0 Å². The summed E-state index contributed by atoms with van der Waals surface area (Å²) >= 11 is 7.30. The number of ether oxygens (including phenoxy) is 1. The molecule has 2 aliphatic rings. The van der Waals surface area contributed by atoms with E-state index in [-0.39, 0.29) is 0 Å². The Balaban J connectivity index is 1.37. The lowest BCUT2D eigenvalue weighted by atomic mass is 9.82. The molecule has 1 aromatic carbocycles. The van der Waals surface area contributed by atoms with Crippen molar-refractivity contribution in [1.82, 2.24) is 4.90 Å². The van der Waals surface area contributed by atoms with Crippen molar-refractivity contribution in [3.05, 3.63) is 35.4 Å². The molecule has 3 rings (SSSR count). The second-order valence-corrected chi connectivity index (χ2v) is 10.3. The second kappa shape index (κ2) is 10.8. The van der Waals surface area contributed by atoms with Crippen molar-refractivity contribution in [2.24, 2.45) is 5.92 Å². The molecule has 0 saturated heterocycles. The van der Waals surface area contributed by atoms with Crippen molar-refractivity contribution in [3.63, 3.8) is 0 Å². The van der Waals surface area contributed by atoms with Crippen LogP contribution in [0.4, 0.5) is 0 Å². The number of hydrogen-bond acceptors (Lipinski definition) is 4. The van der Waals surface area contributed by atoms with E-state index < -0.39 is 0 Å². The molecule has 2 saturated carbocycles. The maximum Gasteiger partial charge on any atom is 0.220 e. The normalized spacial score (nSPS) is 24.1. The third-order valence-electron chi connectivity index (χ3n) is 6.05. The monoisotopic (exact) mass is 405 g/mol. The van der Waals surface area contributed by atoms with Crippen LogP contribution in [0.15, 0.2) is 24.3 Å². The van der Waals surface area contributed by atoms with Gasteiger partial charge in [0.2, 0.25) is 4.38 Å². The fourth-order valence-corrected chi connectivity index (χ4v) is 5.73. The lowest BCUT2D eigenvalue weighted by molar-refractivity contribution is 0.144. The molecule has 4 heteroatoms. The summed E-state index contributed by atoms with van der Waals surface area (Å²) in [5, 5.41) is 0. The first-order valence-electron chi connectivity index (χ1n) is 10.7. The lowest BCUT2D eigenvalue weighted by Crippen LogP contribution is -2.22. The average Bonchev–Trinajstić information content (AvgIpc) is 2.68. The molecule has 0 atom stereocenters. The van der Waals surface area contributed by atoms with E-state index in [9.17, 15) is 0 Å². The smallest absolute Gasteiger partial charge is 0.220 e. The molecule has 0 bridgehead atoms. The summed E-state index contributed by atoms with van der Waals surface area (Å²) in [6.07, 6.45) is 12.0. The molecule has 150 valence electrons. The van der Waals surface area contributed by atoms with Crippen molar-refractivity contribution < 1.29 is 4.74 Å². The molecule has 2 aliphatic carbocycles. The van der Waals surface area contributed by atoms with Crippen LogP contribution in [0.2, 0.25) is 0 Å². The average molecular weight is 406 g/mol. The Kier molecular flexibility index (Phi) is 8.47. The number of thioether (sulfide) groups is 1. The third-order valence-corrected chi connectivity index (χ3v) is 7.47. The molecule has 0 radical (unpaired) electrons. The summed E-state index contributed by atoms with van der Waals surface area (Å²) in [6, 6.07) is 9.23. The van der Waals surface area contributed by atoms with Crippen LogP contribution in [0.25, 0.3) is 0 Å². The molecular formula is C23H35NOS2. The Morgan fingerprint density at radius 1 is 1.00 bits per heavy atom. The first-order chi connectivity index (χ1) is 13.1. The minimum absolute atomic E-state index is 0.334. The van der Waals surface area contributed by atoms with Gasteiger partial charge in [-0.05, 0) is 87.8 Å². The zero-order valence-corrected chi connectivity index (χ0v) is 18.6. The van der Waals surface area contributed by atoms with Crippen LogP contribution in [-0.2, 0) is 11.3 Å². The van der Waals surface area contributed by atoms with Gasteiger partial charge in [-0.3, -0.25) is 0 Å². The van der Waals surface area contributed by atoms with Crippen molar-refractivity contribution in [2.45, 2.75) is 76.4 Å². The topological polar surface area (TPSA) is 12.5 Å². The summed E-state index contributed by atoms with van der Waals surface area (Å²) in [4.78, 5) is 2.22. The molecule has 0 aromatic heterocycles. The van der Waals surface area contributed by atoms with Crippen LogP contribution in [0.5, 0.6) is 0 Å². The molecule has 0 heterocycles. The van der Waals surface area contributed by atoms with Gasteiger partial charge in [-0.15, -0.1) is 0 Å². The van der Waals surface area contributed by atoms with Crippen molar-refractivity contribution in [1.29, 1.82) is 0 Å².